The van der Waals surface area contributed by atoms with Crippen molar-refractivity contribution in [2.45, 2.75) is 91.3 Å². The van der Waals surface area contributed by atoms with Crippen LogP contribution in [0.3, 0.4) is 0 Å². The van der Waals surface area contributed by atoms with E-state index in [0.717, 1.165) is 19.3 Å². The van der Waals surface area contributed by atoms with Gasteiger partial charge in [-0.15, -0.1) is 0 Å². The first-order valence-electron chi connectivity index (χ1n) is 11.9. The van der Waals surface area contributed by atoms with Gasteiger partial charge in [-0.3, -0.25) is 24.0 Å². The molecule has 0 aromatic rings. The Bertz CT molecular complexity index is 734. The second kappa shape index (κ2) is 14.4. The molecule has 0 aromatic heterocycles. The molecule has 9 nitrogen and oxygen atoms in total. The lowest BCUT2D eigenvalue weighted by atomic mass is 10.0. The van der Waals surface area contributed by atoms with Gasteiger partial charge in [-0.1, -0.05) is 40.2 Å². The van der Waals surface area contributed by atoms with Crippen molar-refractivity contribution in [3.05, 3.63) is 12.2 Å². The van der Waals surface area contributed by atoms with Crippen LogP contribution in [0.2, 0.25) is 0 Å². The molecule has 1 heterocycles. The maximum Gasteiger partial charge on any atom is 0.290 e. The van der Waals surface area contributed by atoms with E-state index >= 15 is 0 Å². The fraction of sp³-hybridized carbons (Fsp3) is 0.708. The van der Waals surface area contributed by atoms with E-state index < -0.39 is 41.6 Å². The second-order valence-corrected chi connectivity index (χ2v) is 9.24. The summed E-state index contributed by atoms with van der Waals surface area (Å²) in [6.07, 6.45) is 7.11. The summed E-state index contributed by atoms with van der Waals surface area (Å²) in [6.45, 7) is 9.78. The van der Waals surface area contributed by atoms with E-state index in [4.69, 9.17) is 0 Å². The van der Waals surface area contributed by atoms with Crippen LogP contribution < -0.4 is 21.3 Å². The van der Waals surface area contributed by atoms with E-state index in [9.17, 15) is 24.0 Å². The molecule has 0 aromatic carbocycles. The Labute approximate surface area is 196 Å². The third-order valence-corrected chi connectivity index (χ3v) is 5.70. The molecule has 1 saturated heterocycles. The first-order valence-corrected chi connectivity index (χ1v) is 11.9. The number of allylic oxidation sites excluding steroid dienone is 1. The molecule has 4 atom stereocenters. The number of Topliss-reactive ketones (excluding diaryl/α,β-unsaturated/α-hetero) is 1. The Morgan fingerprint density at radius 2 is 1.82 bits per heavy atom. The lowest BCUT2D eigenvalue weighted by Gasteiger charge is -2.20. The molecule has 1 rings (SSSR count). The summed E-state index contributed by atoms with van der Waals surface area (Å²) in [7, 11) is 0. The van der Waals surface area contributed by atoms with Gasteiger partial charge in [0.15, 0.2) is 0 Å². The molecule has 33 heavy (non-hydrogen) atoms. The van der Waals surface area contributed by atoms with Crippen LogP contribution in [0, 0.1) is 11.8 Å². The van der Waals surface area contributed by atoms with Gasteiger partial charge in [-0.25, -0.2) is 0 Å². The first kappa shape index (κ1) is 28.3. The maximum absolute atomic E-state index is 12.7. The summed E-state index contributed by atoms with van der Waals surface area (Å²) >= 11 is 0. The Hall–Kier alpha value is -2.71. The van der Waals surface area contributed by atoms with Gasteiger partial charge >= 0.3 is 0 Å². The maximum atomic E-state index is 12.7. The van der Waals surface area contributed by atoms with Crippen molar-refractivity contribution < 1.29 is 24.0 Å². The minimum atomic E-state index is -1.09. The molecule has 4 N–H and O–H groups in total. The third-order valence-electron chi connectivity index (χ3n) is 5.70. The largest absolute Gasteiger partial charge is 0.354 e. The Morgan fingerprint density at radius 3 is 2.45 bits per heavy atom. The second-order valence-electron chi connectivity index (χ2n) is 9.24. The average molecular weight is 465 g/mol. The van der Waals surface area contributed by atoms with E-state index in [-0.39, 0.29) is 24.8 Å². The van der Waals surface area contributed by atoms with Crippen molar-refractivity contribution >= 4 is 29.4 Å². The van der Waals surface area contributed by atoms with Crippen molar-refractivity contribution in [1.29, 1.82) is 0 Å². The molecule has 0 aliphatic carbocycles. The fourth-order valence-electron chi connectivity index (χ4n) is 3.41. The SMILES string of the molecule is CCC(C)CCC=CC(=O)NC1CCCNC(=O)C(CC(C)C)NC(=O)C(=O)C(C)NC1=O. The lowest BCUT2D eigenvalue weighted by molar-refractivity contribution is -0.141. The molecule has 0 saturated carbocycles. The number of carbonyl (C=O) groups excluding carboxylic acids is 5. The molecule has 1 fully saturated rings. The predicted molar refractivity (Wildman–Crippen MR) is 126 cm³/mol. The van der Waals surface area contributed by atoms with E-state index in [0.29, 0.717) is 18.8 Å². The molecule has 0 radical (unpaired) electrons. The third kappa shape index (κ3) is 10.6. The van der Waals surface area contributed by atoms with E-state index in [1.54, 1.807) is 6.08 Å². The molecule has 4 amide bonds. The van der Waals surface area contributed by atoms with Crippen molar-refractivity contribution in [2.75, 3.05) is 6.54 Å². The molecule has 9 heteroatoms. The molecule has 0 spiro atoms. The standard InChI is InChI=1S/C24H40N4O5/c1-6-16(4)10-7-8-12-20(29)27-18-11-9-13-25-22(31)19(14-15(2)3)28-24(33)21(30)17(5)26-23(18)32/h8,12,15-19H,6-7,9-11,13-14H2,1-5H3,(H,25,31)(H,26,32)(H,27,29)(H,28,33). The van der Waals surface area contributed by atoms with Gasteiger partial charge < -0.3 is 21.3 Å². The van der Waals surface area contributed by atoms with Crippen LogP contribution in [0.15, 0.2) is 12.2 Å². The minimum absolute atomic E-state index is 0.127. The van der Waals surface area contributed by atoms with Crippen LogP contribution in [-0.4, -0.2) is 54.1 Å². The van der Waals surface area contributed by atoms with Gasteiger partial charge in [0.2, 0.25) is 23.5 Å². The Morgan fingerprint density at radius 1 is 1.12 bits per heavy atom. The highest BCUT2D eigenvalue weighted by molar-refractivity contribution is 6.38. The van der Waals surface area contributed by atoms with Crippen LogP contribution in [-0.2, 0) is 24.0 Å². The molecule has 1 aliphatic heterocycles. The lowest BCUT2D eigenvalue weighted by Crippen LogP contribution is -2.54. The molecular weight excluding hydrogens is 424 g/mol. The molecule has 0 bridgehead atoms. The van der Waals surface area contributed by atoms with Crippen LogP contribution in [0.1, 0.15) is 73.1 Å². The van der Waals surface area contributed by atoms with Crippen LogP contribution >= 0.6 is 0 Å². The summed E-state index contributed by atoms with van der Waals surface area (Å²) < 4.78 is 0. The van der Waals surface area contributed by atoms with Crippen molar-refractivity contribution in [2.24, 2.45) is 11.8 Å². The highest BCUT2D eigenvalue weighted by atomic mass is 16.2. The quantitative estimate of drug-likeness (QED) is 0.318. The van der Waals surface area contributed by atoms with Gasteiger partial charge in [-0.2, -0.15) is 0 Å². The van der Waals surface area contributed by atoms with Gasteiger partial charge in [0.1, 0.15) is 12.1 Å². The molecule has 4 unspecified atom stereocenters. The zero-order valence-electron chi connectivity index (χ0n) is 20.5. The number of amides is 4. The van der Waals surface area contributed by atoms with Crippen molar-refractivity contribution in [1.82, 2.24) is 21.3 Å². The number of nitrogens with one attached hydrogen (secondary N) is 4. The zero-order valence-corrected chi connectivity index (χ0v) is 20.5. The molecule has 1 aliphatic rings. The normalized spacial score (nSPS) is 24.2. The van der Waals surface area contributed by atoms with E-state index in [1.807, 2.05) is 13.8 Å². The van der Waals surface area contributed by atoms with E-state index in [1.165, 1.54) is 13.0 Å². The minimum Gasteiger partial charge on any atom is -0.354 e. The fourth-order valence-corrected chi connectivity index (χ4v) is 3.41. The van der Waals surface area contributed by atoms with Crippen LogP contribution in [0.25, 0.3) is 0 Å². The summed E-state index contributed by atoms with van der Waals surface area (Å²) in [4.78, 5) is 62.4. The summed E-state index contributed by atoms with van der Waals surface area (Å²) in [5.74, 6) is -2.39. The van der Waals surface area contributed by atoms with Gasteiger partial charge in [-0.05, 0) is 56.9 Å². The Kier molecular flexibility index (Phi) is 12.4. The summed E-state index contributed by atoms with van der Waals surface area (Å²) in [5, 5.41) is 10.4. The predicted octanol–water partition coefficient (Wildman–Crippen LogP) is 1.37. The van der Waals surface area contributed by atoms with Crippen molar-refractivity contribution in [3.63, 3.8) is 0 Å². The van der Waals surface area contributed by atoms with E-state index in [2.05, 4.69) is 35.1 Å². The topological polar surface area (TPSA) is 133 Å². The Balaban J connectivity index is 2.87. The van der Waals surface area contributed by atoms with Crippen LogP contribution in [0.4, 0.5) is 0 Å². The molecule has 186 valence electrons. The first-order chi connectivity index (χ1) is 15.5. The smallest absolute Gasteiger partial charge is 0.290 e. The zero-order chi connectivity index (χ0) is 25.0. The van der Waals surface area contributed by atoms with Crippen molar-refractivity contribution in [3.8, 4) is 0 Å². The number of rotatable bonds is 8. The average Bonchev–Trinajstić information content (AvgIpc) is 2.76. The van der Waals surface area contributed by atoms with Gasteiger partial charge in [0.05, 0.1) is 6.04 Å². The number of hydrogen-bond acceptors (Lipinski definition) is 5. The number of hydrogen-bond donors (Lipinski definition) is 4. The molecular formula is C24H40N4O5. The number of carbonyl (C=O) groups is 5. The van der Waals surface area contributed by atoms with Gasteiger partial charge in [0, 0.05) is 6.54 Å². The summed E-state index contributed by atoms with van der Waals surface area (Å²) in [6, 6.07) is -2.81. The number of ketones is 1. The highest BCUT2D eigenvalue weighted by Gasteiger charge is 2.30. The van der Waals surface area contributed by atoms with Gasteiger partial charge in [0.25, 0.3) is 5.91 Å². The monoisotopic (exact) mass is 464 g/mol. The summed E-state index contributed by atoms with van der Waals surface area (Å²) in [5.41, 5.74) is 0. The highest BCUT2D eigenvalue weighted by Crippen LogP contribution is 2.10. The van der Waals surface area contributed by atoms with Crippen LogP contribution in [0.5, 0.6) is 0 Å².